The Hall–Kier alpha value is -3.64. The van der Waals surface area contributed by atoms with Crippen molar-refractivity contribution in [2.24, 2.45) is 0 Å². The van der Waals surface area contributed by atoms with Gasteiger partial charge >= 0.3 is 12.4 Å². The second kappa shape index (κ2) is 8.00. The quantitative estimate of drug-likeness (QED) is 0.495. The van der Waals surface area contributed by atoms with E-state index in [0.717, 1.165) is 24.8 Å². The van der Waals surface area contributed by atoms with Gasteiger partial charge in [-0.05, 0) is 17.7 Å². The third-order valence-electron chi connectivity index (χ3n) is 3.68. The van der Waals surface area contributed by atoms with Gasteiger partial charge in [0.05, 0.1) is 11.4 Å². The number of aromatic nitrogens is 5. The average molecular weight is 428 g/mol. The first kappa shape index (κ1) is 21.1. The van der Waals surface area contributed by atoms with Gasteiger partial charge < -0.3 is 5.32 Å². The first-order valence-electron chi connectivity index (χ1n) is 8.05. The molecule has 30 heavy (non-hydrogen) atoms. The van der Waals surface area contributed by atoms with Crippen LogP contribution in [-0.4, -0.2) is 31.3 Å². The highest BCUT2D eigenvalue weighted by molar-refractivity contribution is 5.66. The molecular formula is C17H10F6N6O. The molecule has 0 aromatic carbocycles. The molecule has 1 amide bonds. The van der Waals surface area contributed by atoms with Crippen LogP contribution in [0.4, 0.5) is 26.3 Å². The lowest BCUT2D eigenvalue weighted by atomic mass is 10.1. The molecule has 0 fully saturated rings. The van der Waals surface area contributed by atoms with Crippen molar-refractivity contribution in [2.45, 2.75) is 18.9 Å². The Kier molecular flexibility index (Phi) is 5.62. The molecular weight excluding hydrogens is 418 g/mol. The minimum atomic E-state index is -4.72. The predicted molar refractivity (Wildman–Crippen MR) is 89.2 cm³/mol. The molecule has 3 aromatic heterocycles. The second-order valence-corrected chi connectivity index (χ2v) is 5.83. The molecule has 0 aliphatic rings. The van der Waals surface area contributed by atoms with Crippen LogP contribution in [-0.2, 0) is 23.7 Å². The maximum absolute atomic E-state index is 12.7. The Bertz CT molecular complexity index is 959. The topological polar surface area (TPSA) is 93.6 Å². The molecule has 13 heteroatoms. The molecule has 0 bridgehead atoms. The molecule has 1 N–H and O–H groups in total. The van der Waals surface area contributed by atoms with E-state index in [4.69, 9.17) is 0 Å². The largest absolute Gasteiger partial charge is 0.451 e. The van der Waals surface area contributed by atoms with Crippen LogP contribution in [0.3, 0.4) is 0 Å². The SMILES string of the molecule is O=CNCc1cc(-c2cnc(C(F)(F)F)nc2)nc(-c2cnc(C(F)(F)F)nc2)c1. The van der Waals surface area contributed by atoms with Gasteiger partial charge in [-0.1, -0.05) is 0 Å². The van der Waals surface area contributed by atoms with Crippen LogP contribution in [0.5, 0.6) is 0 Å². The smallest absolute Gasteiger partial charge is 0.355 e. The molecule has 0 unspecified atom stereocenters. The maximum atomic E-state index is 12.7. The molecule has 0 spiro atoms. The van der Waals surface area contributed by atoms with E-state index in [0.29, 0.717) is 12.0 Å². The Morgan fingerprint density at radius 1 is 0.767 bits per heavy atom. The number of halogens is 6. The van der Waals surface area contributed by atoms with Crippen molar-refractivity contribution in [1.29, 1.82) is 0 Å². The molecule has 0 aliphatic carbocycles. The van der Waals surface area contributed by atoms with E-state index in [9.17, 15) is 31.1 Å². The van der Waals surface area contributed by atoms with E-state index in [1.165, 1.54) is 12.1 Å². The fourth-order valence-corrected chi connectivity index (χ4v) is 2.36. The molecule has 0 aliphatic heterocycles. The van der Waals surface area contributed by atoms with E-state index in [1.807, 2.05) is 0 Å². The first-order valence-corrected chi connectivity index (χ1v) is 8.05. The van der Waals surface area contributed by atoms with E-state index in [-0.39, 0.29) is 29.1 Å². The third-order valence-corrected chi connectivity index (χ3v) is 3.68. The lowest BCUT2D eigenvalue weighted by molar-refractivity contribution is -0.145. The van der Waals surface area contributed by atoms with E-state index >= 15 is 0 Å². The summed E-state index contributed by atoms with van der Waals surface area (Å²) in [6, 6.07) is 2.94. The van der Waals surface area contributed by atoms with Gasteiger partial charge in [-0.2, -0.15) is 26.3 Å². The zero-order valence-corrected chi connectivity index (χ0v) is 14.7. The van der Waals surface area contributed by atoms with Crippen LogP contribution in [0, 0.1) is 0 Å². The highest BCUT2D eigenvalue weighted by Crippen LogP contribution is 2.29. The number of alkyl halides is 6. The number of nitrogens with one attached hydrogen (secondary N) is 1. The lowest BCUT2D eigenvalue weighted by Gasteiger charge is -2.10. The predicted octanol–water partition coefficient (Wildman–Crippen LogP) is 3.28. The summed E-state index contributed by atoms with van der Waals surface area (Å²) in [7, 11) is 0. The van der Waals surface area contributed by atoms with Crippen molar-refractivity contribution in [3.8, 4) is 22.5 Å². The summed E-state index contributed by atoms with van der Waals surface area (Å²) in [6.07, 6.45) is -5.33. The van der Waals surface area contributed by atoms with Gasteiger partial charge in [-0.3, -0.25) is 4.79 Å². The van der Waals surface area contributed by atoms with E-state index < -0.39 is 24.0 Å². The van der Waals surface area contributed by atoms with E-state index in [1.54, 1.807) is 0 Å². The van der Waals surface area contributed by atoms with Crippen molar-refractivity contribution >= 4 is 6.41 Å². The molecule has 7 nitrogen and oxygen atoms in total. The maximum Gasteiger partial charge on any atom is 0.451 e. The Morgan fingerprint density at radius 3 is 1.50 bits per heavy atom. The molecule has 3 rings (SSSR count). The number of rotatable bonds is 5. The molecule has 3 heterocycles. The molecule has 3 aromatic rings. The normalized spacial score (nSPS) is 11.9. The highest BCUT2D eigenvalue weighted by Gasteiger charge is 2.35. The van der Waals surface area contributed by atoms with E-state index in [2.05, 4.69) is 30.2 Å². The lowest BCUT2D eigenvalue weighted by Crippen LogP contribution is -2.12. The van der Waals surface area contributed by atoms with Crippen molar-refractivity contribution in [3.05, 3.63) is 54.1 Å². The Morgan fingerprint density at radius 2 is 1.17 bits per heavy atom. The first-order chi connectivity index (χ1) is 14.1. The molecule has 0 saturated heterocycles. The number of pyridine rings is 1. The summed E-state index contributed by atoms with van der Waals surface area (Å²) in [5, 5.41) is 2.41. The summed E-state index contributed by atoms with van der Waals surface area (Å²) >= 11 is 0. The number of hydrogen-bond donors (Lipinski definition) is 1. The van der Waals surface area contributed by atoms with Crippen molar-refractivity contribution in [2.75, 3.05) is 0 Å². The molecule has 0 radical (unpaired) electrons. The minimum Gasteiger partial charge on any atom is -0.355 e. The van der Waals surface area contributed by atoms with Crippen LogP contribution in [0.25, 0.3) is 22.5 Å². The number of nitrogens with zero attached hydrogens (tertiary/aromatic N) is 5. The molecule has 156 valence electrons. The Labute approximate surface area is 164 Å². The van der Waals surface area contributed by atoms with Gasteiger partial charge in [0.2, 0.25) is 18.1 Å². The fourth-order valence-electron chi connectivity index (χ4n) is 2.36. The number of carbonyl (C=O) groups is 1. The summed E-state index contributed by atoms with van der Waals surface area (Å²) in [4.78, 5) is 27.8. The minimum absolute atomic E-state index is 0.0367. The van der Waals surface area contributed by atoms with Gasteiger partial charge in [0.25, 0.3) is 0 Å². The number of carbonyl (C=O) groups excluding carboxylic acids is 1. The van der Waals surface area contributed by atoms with Crippen LogP contribution < -0.4 is 5.32 Å². The summed E-state index contributed by atoms with van der Waals surface area (Å²) in [5.41, 5.74) is 1.02. The standard InChI is InChI=1S/C17H10F6N6O/c18-16(19,20)14-25-4-10(5-26-14)12-1-9(3-24-8-30)2-13(29-12)11-6-27-15(28-7-11)17(21,22)23/h1-2,4-8H,3H2,(H,24,30). The van der Waals surface area contributed by atoms with Gasteiger partial charge in [0.15, 0.2) is 0 Å². The van der Waals surface area contributed by atoms with Gasteiger partial charge in [-0.25, -0.2) is 24.9 Å². The molecule has 0 saturated carbocycles. The van der Waals surface area contributed by atoms with Crippen LogP contribution in [0.15, 0.2) is 36.9 Å². The average Bonchev–Trinajstić information content (AvgIpc) is 2.71. The zero-order valence-electron chi connectivity index (χ0n) is 14.7. The summed E-state index contributed by atoms with van der Waals surface area (Å²) in [5.74, 6) is -2.66. The number of amides is 1. The van der Waals surface area contributed by atoms with Gasteiger partial charge in [0.1, 0.15) is 0 Å². The number of hydrogen-bond acceptors (Lipinski definition) is 6. The van der Waals surface area contributed by atoms with Gasteiger partial charge in [0, 0.05) is 42.5 Å². The van der Waals surface area contributed by atoms with Crippen molar-refractivity contribution in [1.82, 2.24) is 30.2 Å². The summed E-state index contributed by atoms with van der Waals surface area (Å²) < 4.78 is 75.9. The van der Waals surface area contributed by atoms with Gasteiger partial charge in [-0.15, -0.1) is 0 Å². The third kappa shape index (κ3) is 4.85. The molecule has 0 atom stereocenters. The van der Waals surface area contributed by atoms with Crippen molar-refractivity contribution in [3.63, 3.8) is 0 Å². The Balaban J connectivity index is 2.03. The monoisotopic (exact) mass is 428 g/mol. The zero-order chi connectivity index (χ0) is 21.9. The van der Waals surface area contributed by atoms with Crippen LogP contribution in [0.2, 0.25) is 0 Å². The van der Waals surface area contributed by atoms with Crippen LogP contribution >= 0.6 is 0 Å². The fraction of sp³-hybridized carbons (Fsp3) is 0.176. The van der Waals surface area contributed by atoms with Crippen molar-refractivity contribution < 1.29 is 31.1 Å². The summed E-state index contributed by atoms with van der Waals surface area (Å²) in [6.45, 7) is 0.0367. The van der Waals surface area contributed by atoms with Crippen LogP contribution in [0.1, 0.15) is 17.2 Å². The second-order valence-electron chi connectivity index (χ2n) is 5.83. The highest BCUT2D eigenvalue weighted by atomic mass is 19.4.